The lowest BCUT2D eigenvalue weighted by atomic mass is 10.2. The number of anilines is 1. The monoisotopic (exact) mass is 383 g/mol. The molecule has 0 aliphatic carbocycles. The summed E-state index contributed by atoms with van der Waals surface area (Å²) >= 11 is 7.64. The first-order chi connectivity index (χ1) is 12.0. The quantitative estimate of drug-likeness (QED) is 0.711. The number of carbonyl (C=O) groups is 1. The van der Waals surface area contributed by atoms with Crippen molar-refractivity contribution in [2.75, 3.05) is 18.5 Å². The van der Waals surface area contributed by atoms with E-state index in [0.29, 0.717) is 40.4 Å². The van der Waals surface area contributed by atoms with E-state index in [-0.39, 0.29) is 11.8 Å². The molecule has 0 atom stereocenters. The number of halogens is 1. The molecule has 1 aromatic carbocycles. The third kappa shape index (κ3) is 5.06. The van der Waals surface area contributed by atoms with Crippen LogP contribution in [-0.4, -0.2) is 29.3 Å². The first kappa shape index (κ1) is 19.5. The summed E-state index contributed by atoms with van der Waals surface area (Å²) in [7, 11) is 0. The van der Waals surface area contributed by atoms with E-state index >= 15 is 0 Å². The van der Waals surface area contributed by atoms with Gasteiger partial charge in [0.2, 0.25) is 5.13 Å². The van der Waals surface area contributed by atoms with Gasteiger partial charge in [-0.2, -0.15) is 0 Å². The minimum Gasteiger partial charge on any atom is -0.490 e. The minimum absolute atomic E-state index is 0.261. The topological polar surface area (TPSA) is 73.3 Å². The molecule has 6 nitrogen and oxygen atoms in total. The lowest BCUT2D eigenvalue weighted by Gasteiger charge is -2.14. The zero-order chi connectivity index (χ0) is 18.4. The fraction of sp³-hybridized carbons (Fsp3) is 0.471. The Labute approximate surface area is 156 Å². The van der Waals surface area contributed by atoms with Crippen LogP contribution in [0.3, 0.4) is 0 Å². The highest BCUT2D eigenvalue weighted by molar-refractivity contribution is 7.15. The zero-order valence-corrected chi connectivity index (χ0v) is 16.3. The van der Waals surface area contributed by atoms with Crippen LogP contribution in [-0.2, 0) is 0 Å². The Morgan fingerprint density at radius 2 is 2.04 bits per heavy atom. The van der Waals surface area contributed by atoms with Gasteiger partial charge in [0.25, 0.3) is 5.91 Å². The van der Waals surface area contributed by atoms with E-state index in [1.54, 1.807) is 12.1 Å². The summed E-state index contributed by atoms with van der Waals surface area (Å²) in [6.45, 7) is 8.87. The largest absolute Gasteiger partial charge is 0.490 e. The Morgan fingerprint density at radius 3 is 2.64 bits per heavy atom. The van der Waals surface area contributed by atoms with Gasteiger partial charge in [-0.15, -0.1) is 10.2 Å². The molecule has 0 saturated carbocycles. The lowest BCUT2D eigenvalue weighted by molar-refractivity contribution is 0.102. The van der Waals surface area contributed by atoms with Crippen LogP contribution in [0.25, 0.3) is 0 Å². The molecule has 0 fully saturated rings. The van der Waals surface area contributed by atoms with Gasteiger partial charge in [-0.3, -0.25) is 10.1 Å². The first-order valence-electron chi connectivity index (χ1n) is 8.20. The molecule has 136 valence electrons. The van der Waals surface area contributed by atoms with Crippen LogP contribution < -0.4 is 14.8 Å². The van der Waals surface area contributed by atoms with Gasteiger partial charge in [-0.05, 0) is 25.5 Å². The van der Waals surface area contributed by atoms with E-state index in [4.69, 9.17) is 21.1 Å². The molecular formula is C17H22ClN3O3S. The van der Waals surface area contributed by atoms with Crippen LogP contribution in [0.15, 0.2) is 12.1 Å². The molecule has 0 radical (unpaired) electrons. The molecule has 0 unspecified atom stereocenters. The second-order valence-corrected chi connectivity index (χ2v) is 7.04. The standard InChI is InChI=1S/C17H22ClN3O3S/c1-5-7-24-14-12(18)8-11(9-13(14)23-6-2)15(22)19-17-21-20-16(25-17)10(3)4/h8-10H,5-7H2,1-4H3,(H,19,21,22). The van der Waals surface area contributed by atoms with E-state index in [1.165, 1.54) is 11.3 Å². The van der Waals surface area contributed by atoms with Crippen molar-refractivity contribution in [2.45, 2.75) is 40.0 Å². The number of benzene rings is 1. The number of carbonyl (C=O) groups excluding carboxylic acids is 1. The second-order valence-electron chi connectivity index (χ2n) is 5.62. The lowest BCUT2D eigenvalue weighted by Crippen LogP contribution is -2.12. The van der Waals surface area contributed by atoms with Crippen LogP contribution in [0.5, 0.6) is 11.5 Å². The van der Waals surface area contributed by atoms with Crippen molar-refractivity contribution >= 4 is 34.0 Å². The number of aromatic nitrogens is 2. The highest BCUT2D eigenvalue weighted by atomic mass is 35.5. The van der Waals surface area contributed by atoms with Crippen molar-refractivity contribution in [2.24, 2.45) is 0 Å². The van der Waals surface area contributed by atoms with Gasteiger partial charge in [0.05, 0.1) is 18.2 Å². The Morgan fingerprint density at radius 1 is 1.28 bits per heavy atom. The maximum absolute atomic E-state index is 12.5. The normalized spacial score (nSPS) is 10.8. The molecule has 2 rings (SSSR count). The number of ether oxygens (including phenoxy) is 2. The molecule has 1 N–H and O–H groups in total. The summed E-state index contributed by atoms with van der Waals surface area (Å²) in [5.41, 5.74) is 0.374. The third-order valence-corrected chi connectivity index (χ3v) is 4.60. The molecule has 2 aromatic rings. The number of rotatable bonds is 8. The van der Waals surface area contributed by atoms with Crippen LogP contribution in [0.4, 0.5) is 5.13 Å². The Balaban J connectivity index is 2.23. The third-order valence-electron chi connectivity index (χ3n) is 3.18. The fourth-order valence-corrected chi connectivity index (χ4v) is 3.00. The number of amides is 1. The van der Waals surface area contributed by atoms with E-state index in [0.717, 1.165) is 11.4 Å². The Hall–Kier alpha value is -1.86. The molecule has 1 heterocycles. The first-order valence-corrected chi connectivity index (χ1v) is 9.39. The highest BCUT2D eigenvalue weighted by Crippen LogP contribution is 2.37. The molecule has 1 aromatic heterocycles. The molecule has 0 spiro atoms. The summed E-state index contributed by atoms with van der Waals surface area (Å²) in [6, 6.07) is 3.19. The van der Waals surface area contributed by atoms with Crippen molar-refractivity contribution in [3.63, 3.8) is 0 Å². The predicted molar refractivity (Wildman–Crippen MR) is 100 cm³/mol. The highest BCUT2D eigenvalue weighted by Gasteiger charge is 2.18. The second kappa shape index (κ2) is 9.01. The molecule has 0 aliphatic rings. The maximum Gasteiger partial charge on any atom is 0.257 e. The molecule has 25 heavy (non-hydrogen) atoms. The number of hydrogen-bond donors (Lipinski definition) is 1. The van der Waals surface area contributed by atoms with Crippen LogP contribution >= 0.6 is 22.9 Å². The molecule has 0 aliphatic heterocycles. The average molecular weight is 384 g/mol. The van der Waals surface area contributed by atoms with Gasteiger partial charge >= 0.3 is 0 Å². The van der Waals surface area contributed by atoms with E-state index in [9.17, 15) is 4.79 Å². The smallest absolute Gasteiger partial charge is 0.257 e. The van der Waals surface area contributed by atoms with Crippen LogP contribution in [0.1, 0.15) is 55.4 Å². The number of hydrogen-bond acceptors (Lipinski definition) is 6. The molecule has 1 amide bonds. The van der Waals surface area contributed by atoms with E-state index in [2.05, 4.69) is 15.5 Å². The van der Waals surface area contributed by atoms with Gasteiger partial charge in [-0.25, -0.2) is 0 Å². The van der Waals surface area contributed by atoms with Crippen molar-refractivity contribution in [1.29, 1.82) is 0 Å². The molecule has 0 saturated heterocycles. The summed E-state index contributed by atoms with van der Waals surface area (Å²) in [5.74, 6) is 0.849. The number of nitrogens with zero attached hydrogens (tertiary/aromatic N) is 2. The Kier molecular flexibility index (Phi) is 7.01. The van der Waals surface area contributed by atoms with Crippen LogP contribution in [0.2, 0.25) is 5.02 Å². The summed E-state index contributed by atoms with van der Waals surface area (Å²) in [5, 5.41) is 12.4. The van der Waals surface area contributed by atoms with E-state index in [1.807, 2.05) is 27.7 Å². The van der Waals surface area contributed by atoms with Crippen molar-refractivity contribution in [3.05, 3.63) is 27.7 Å². The van der Waals surface area contributed by atoms with Crippen molar-refractivity contribution in [1.82, 2.24) is 10.2 Å². The molecule has 0 bridgehead atoms. The van der Waals surface area contributed by atoms with Gasteiger partial charge in [-0.1, -0.05) is 43.7 Å². The number of nitrogens with one attached hydrogen (secondary N) is 1. The zero-order valence-electron chi connectivity index (χ0n) is 14.8. The fourth-order valence-electron chi connectivity index (χ4n) is 1.99. The molecular weight excluding hydrogens is 362 g/mol. The van der Waals surface area contributed by atoms with Gasteiger partial charge in [0, 0.05) is 11.5 Å². The summed E-state index contributed by atoms with van der Waals surface area (Å²) in [4.78, 5) is 12.5. The van der Waals surface area contributed by atoms with Crippen molar-refractivity contribution < 1.29 is 14.3 Å². The van der Waals surface area contributed by atoms with E-state index < -0.39 is 0 Å². The van der Waals surface area contributed by atoms with Gasteiger partial charge < -0.3 is 9.47 Å². The predicted octanol–water partition coefficient (Wildman–Crippen LogP) is 4.75. The minimum atomic E-state index is -0.323. The SMILES string of the molecule is CCCOc1c(Cl)cc(C(=O)Nc2nnc(C(C)C)s2)cc1OCC. The van der Waals surface area contributed by atoms with Crippen molar-refractivity contribution in [3.8, 4) is 11.5 Å². The van der Waals surface area contributed by atoms with Gasteiger partial charge in [0.15, 0.2) is 11.5 Å². The Bertz CT molecular complexity index is 734. The van der Waals surface area contributed by atoms with Gasteiger partial charge in [0.1, 0.15) is 5.01 Å². The average Bonchev–Trinajstić information content (AvgIpc) is 3.03. The molecule has 8 heteroatoms. The maximum atomic E-state index is 12.5. The summed E-state index contributed by atoms with van der Waals surface area (Å²) in [6.07, 6.45) is 0.847. The van der Waals surface area contributed by atoms with Crippen LogP contribution in [0, 0.1) is 0 Å². The summed E-state index contributed by atoms with van der Waals surface area (Å²) < 4.78 is 11.2.